The number of hydrogen-bond acceptors (Lipinski definition) is 3. The highest BCUT2D eigenvalue weighted by Crippen LogP contribution is 2.14. The van der Waals surface area contributed by atoms with Crippen molar-refractivity contribution in [1.82, 2.24) is 4.90 Å². The van der Waals surface area contributed by atoms with Crippen molar-refractivity contribution in [3.8, 4) is 0 Å². The average Bonchev–Trinajstić information content (AvgIpc) is 2.37. The molecule has 1 heterocycles. The lowest BCUT2D eigenvalue weighted by Gasteiger charge is -2.23. The molecule has 0 aromatic heterocycles. The minimum absolute atomic E-state index is 0.244. The number of ether oxygens (including phenoxy) is 1. The van der Waals surface area contributed by atoms with Crippen molar-refractivity contribution < 1.29 is 9.84 Å². The van der Waals surface area contributed by atoms with Gasteiger partial charge in [0.15, 0.2) is 0 Å². The summed E-state index contributed by atoms with van der Waals surface area (Å²) in [5.41, 5.74) is 0. The van der Waals surface area contributed by atoms with Crippen LogP contribution in [0, 0.1) is 0 Å². The predicted octanol–water partition coefficient (Wildman–Crippen LogP) is 0.826. The van der Waals surface area contributed by atoms with Crippen LogP contribution in [0.3, 0.4) is 0 Å². The summed E-state index contributed by atoms with van der Waals surface area (Å²) in [7, 11) is 0. The lowest BCUT2D eigenvalue weighted by molar-refractivity contribution is 0.00805. The maximum Gasteiger partial charge on any atom is 0.110 e. The van der Waals surface area contributed by atoms with E-state index >= 15 is 0 Å². The molecule has 0 spiro atoms. The van der Waals surface area contributed by atoms with E-state index in [1.807, 2.05) is 6.92 Å². The Morgan fingerprint density at radius 1 is 1.67 bits per heavy atom. The highest BCUT2D eigenvalue weighted by atomic mass is 16.5. The number of aliphatic hydroxyl groups excluding tert-OH is 1. The maximum atomic E-state index is 9.20. The van der Waals surface area contributed by atoms with E-state index < -0.39 is 0 Å². The Labute approximate surface area is 74.3 Å². The van der Waals surface area contributed by atoms with E-state index in [2.05, 4.69) is 11.8 Å². The zero-order valence-corrected chi connectivity index (χ0v) is 7.99. The SMILES string of the molecule is CCCC1OCCN1CC(C)O. The van der Waals surface area contributed by atoms with Crippen molar-refractivity contribution in [1.29, 1.82) is 0 Å². The van der Waals surface area contributed by atoms with Gasteiger partial charge in [-0.2, -0.15) is 0 Å². The molecule has 3 heteroatoms. The minimum Gasteiger partial charge on any atom is -0.392 e. The fourth-order valence-corrected chi connectivity index (χ4v) is 1.62. The van der Waals surface area contributed by atoms with Gasteiger partial charge in [0.25, 0.3) is 0 Å². The summed E-state index contributed by atoms with van der Waals surface area (Å²) in [6, 6.07) is 0. The second-order valence-electron chi connectivity index (χ2n) is 3.46. The molecule has 2 atom stereocenters. The van der Waals surface area contributed by atoms with Gasteiger partial charge in [-0.1, -0.05) is 13.3 Å². The second kappa shape index (κ2) is 4.80. The van der Waals surface area contributed by atoms with Gasteiger partial charge in [0.2, 0.25) is 0 Å². The largest absolute Gasteiger partial charge is 0.392 e. The van der Waals surface area contributed by atoms with Gasteiger partial charge < -0.3 is 9.84 Å². The molecule has 1 aliphatic heterocycles. The third-order valence-electron chi connectivity index (χ3n) is 2.13. The van der Waals surface area contributed by atoms with Crippen molar-refractivity contribution >= 4 is 0 Å². The molecule has 1 rings (SSSR count). The van der Waals surface area contributed by atoms with Crippen LogP contribution < -0.4 is 0 Å². The third kappa shape index (κ3) is 2.73. The molecule has 0 aliphatic carbocycles. The summed E-state index contributed by atoms with van der Waals surface area (Å²) in [5, 5.41) is 9.20. The van der Waals surface area contributed by atoms with Crippen LogP contribution in [0.5, 0.6) is 0 Å². The number of β-amino-alcohol motifs (C(OH)–C–C–N with tert-alkyl or cyclic N) is 1. The van der Waals surface area contributed by atoms with Crippen LogP contribution in [0.2, 0.25) is 0 Å². The van der Waals surface area contributed by atoms with Crippen LogP contribution in [0.15, 0.2) is 0 Å². The van der Waals surface area contributed by atoms with Gasteiger partial charge in [-0.25, -0.2) is 0 Å². The van der Waals surface area contributed by atoms with Crippen LogP contribution in [0.1, 0.15) is 26.7 Å². The zero-order valence-electron chi connectivity index (χ0n) is 7.99. The molecule has 1 aliphatic rings. The summed E-state index contributed by atoms with van der Waals surface area (Å²) in [5.74, 6) is 0. The van der Waals surface area contributed by atoms with E-state index in [1.165, 1.54) is 0 Å². The molecule has 72 valence electrons. The third-order valence-corrected chi connectivity index (χ3v) is 2.13. The minimum atomic E-state index is -0.244. The van der Waals surface area contributed by atoms with Gasteiger partial charge in [-0.05, 0) is 13.3 Å². The van der Waals surface area contributed by atoms with E-state index in [0.717, 1.165) is 32.5 Å². The highest BCUT2D eigenvalue weighted by molar-refractivity contribution is 4.71. The Hall–Kier alpha value is -0.120. The molecule has 0 radical (unpaired) electrons. The molecule has 12 heavy (non-hydrogen) atoms. The molecule has 0 aromatic rings. The first-order valence-corrected chi connectivity index (χ1v) is 4.77. The molecular formula is C9H19NO2. The van der Waals surface area contributed by atoms with Crippen LogP contribution in [-0.4, -0.2) is 42.0 Å². The first kappa shape index (κ1) is 9.96. The normalized spacial score (nSPS) is 27.8. The van der Waals surface area contributed by atoms with E-state index in [-0.39, 0.29) is 12.3 Å². The van der Waals surface area contributed by atoms with Gasteiger partial charge in [-0.3, -0.25) is 4.90 Å². The molecule has 1 fully saturated rings. The van der Waals surface area contributed by atoms with Gasteiger partial charge in [-0.15, -0.1) is 0 Å². The van der Waals surface area contributed by atoms with Crippen molar-refractivity contribution in [2.75, 3.05) is 19.7 Å². The van der Waals surface area contributed by atoms with E-state index in [1.54, 1.807) is 0 Å². The van der Waals surface area contributed by atoms with E-state index in [9.17, 15) is 5.11 Å². The molecule has 1 saturated heterocycles. The summed E-state index contributed by atoms with van der Waals surface area (Å²) in [4.78, 5) is 2.22. The fourth-order valence-electron chi connectivity index (χ4n) is 1.62. The molecule has 0 bridgehead atoms. The first-order chi connectivity index (χ1) is 5.74. The Kier molecular flexibility index (Phi) is 3.98. The predicted molar refractivity (Wildman–Crippen MR) is 47.9 cm³/mol. The standard InChI is InChI=1S/C9H19NO2/c1-3-4-9-10(5-6-12-9)7-8(2)11/h8-9,11H,3-7H2,1-2H3. The average molecular weight is 173 g/mol. The number of nitrogens with zero attached hydrogens (tertiary/aromatic N) is 1. The smallest absolute Gasteiger partial charge is 0.110 e. The Morgan fingerprint density at radius 3 is 3.00 bits per heavy atom. The number of aliphatic hydroxyl groups is 1. The van der Waals surface area contributed by atoms with Crippen molar-refractivity contribution in [3.05, 3.63) is 0 Å². The van der Waals surface area contributed by atoms with Crippen molar-refractivity contribution in [2.45, 2.75) is 39.0 Å². The quantitative estimate of drug-likeness (QED) is 0.683. The monoisotopic (exact) mass is 173 g/mol. The summed E-state index contributed by atoms with van der Waals surface area (Å²) >= 11 is 0. The van der Waals surface area contributed by atoms with Crippen LogP contribution in [-0.2, 0) is 4.74 Å². The van der Waals surface area contributed by atoms with Crippen LogP contribution in [0.25, 0.3) is 0 Å². The first-order valence-electron chi connectivity index (χ1n) is 4.77. The van der Waals surface area contributed by atoms with Crippen molar-refractivity contribution in [3.63, 3.8) is 0 Å². The van der Waals surface area contributed by atoms with Gasteiger partial charge >= 0.3 is 0 Å². The molecule has 0 aromatic carbocycles. The molecule has 0 saturated carbocycles. The molecule has 3 nitrogen and oxygen atoms in total. The van der Waals surface area contributed by atoms with Crippen molar-refractivity contribution in [2.24, 2.45) is 0 Å². The lowest BCUT2D eigenvalue weighted by Crippen LogP contribution is -2.35. The fraction of sp³-hybridized carbons (Fsp3) is 1.00. The lowest BCUT2D eigenvalue weighted by atomic mass is 10.2. The molecular weight excluding hydrogens is 154 g/mol. The van der Waals surface area contributed by atoms with Gasteiger partial charge in [0.05, 0.1) is 12.7 Å². The summed E-state index contributed by atoms with van der Waals surface area (Å²) in [6.45, 7) is 6.50. The van der Waals surface area contributed by atoms with Gasteiger partial charge in [0.1, 0.15) is 6.23 Å². The van der Waals surface area contributed by atoms with Gasteiger partial charge in [0, 0.05) is 13.1 Å². The number of rotatable bonds is 4. The Balaban J connectivity index is 2.30. The molecule has 1 N–H and O–H groups in total. The topological polar surface area (TPSA) is 32.7 Å². The van der Waals surface area contributed by atoms with Crippen LogP contribution >= 0.6 is 0 Å². The van der Waals surface area contributed by atoms with Crippen LogP contribution in [0.4, 0.5) is 0 Å². The Morgan fingerprint density at radius 2 is 2.42 bits per heavy atom. The number of hydrogen-bond donors (Lipinski definition) is 1. The summed E-state index contributed by atoms with van der Waals surface area (Å²) < 4.78 is 5.52. The zero-order chi connectivity index (χ0) is 8.97. The molecule has 0 amide bonds. The summed E-state index contributed by atoms with van der Waals surface area (Å²) in [6.07, 6.45) is 2.23. The maximum absolute atomic E-state index is 9.20. The Bertz CT molecular complexity index is 128. The molecule has 2 unspecified atom stereocenters. The van der Waals surface area contributed by atoms with E-state index in [4.69, 9.17) is 4.74 Å². The second-order valence-corrected chi connectivity index (χ2v) is 3.46. The van der Waals surface area contributed by atoms with E-state index in [0.29, 0.717) is 0 Å². The highest BCUT2D eigenvalue weighted by Gasteiger charge is 2.24.